The fourth-order valence-corrected chi connectivity index (χ4v) is 2.63. The summed E-state index contributed by atoms with van der Waals surface area (Å²) >= 11 is 0. The highest BCUT2D eigenvalue weighted by atomic mass is 16.6. The van der Waals surface area contributed by atoms with E-state index in [-0.39, 0.29) is 5.92 Å². The number of aliphatic hydroxyl groups is 1. The van der Waals surface area contributed by atoms with Crippen molar-refractivity contribution in [1.29, 1.82) is 0 Å². The van der Waals surface area contributed by atoms with E-state index in [0.717, 1.165) is 10.1 Å². The number of rotatable bonds is 3. The molecule has 1 aromatic heterocycles. The first-order valence-electron chi connectivity index (χ1n) is 6.30. The smallest absolute Gasteiger partial charge is 0.330 e. The lowest BCUT2D eigenvalue weighted by Gasteiger charge is -2.48. The van der Waals surface area contributed by atoms with Gasteiger partial charge in [-0.05, 0) is 5.56 Å². The van der Waals surface area contributed by atoms with Crippen LogP contribution >= 0.6 is 0 Å². The molecule has 20 heavy (non-hydrogen) atoms. The van der Waals surface area contributed by atoms with Crippen molar-refractivity contribution in [3.05, 3.63) is 69.0 Å². The summed E-state index contributed by atoms with van der Waals surface area (Å²) in [6.45, 7) is -0.0924. The number of ether oxygens (including phenoxy) is 1. The Balaban J connectivity index is 2.14. The highest BCUT2D eigenvalue weighted by Gasteiger charge is 2.52. The average molecular weight is 274 g/mol. The van der Waals surface area contributed by atoms with Gasteiger partial charge in [-0.25, -0.2) is 9.36 Å². The molecule has 2 aromatic rings. The first-order chi connectivity index (χ1) is 9.69. The van der Waals surface area contributed by atoms with Gasteiger partial charge in [0.05, 0.1) is 19.1 Å². The van der Waals surface area contributed by atoms with E-state index < -0.39 is 23.6 Å². The van der Waals surface area contributed by atoms with Crippen LogP contribution in [0.2, 0.25) is 0 Å². The first-order valence-corrected chi connectivity index (χ1v) is 6.30. The van der Waals surface area contributed by atoms with Crippen LogP contribution < -0.4 is 11.2 Å². The standard InChI is InChI=1S/C14H14N2O4/c17-9-14(16-12(18)6-7-15-13(16)19)11(8-20-14)10-4-2-1-3-5-10/h1-7,11,17H,8-9H2,(H,15,19). The van der Waals surface area contributed by atoms with Crippen LogP contribution in [0.1, 0.15) is 11.5 Å². The number of hydrogen-bond acceptors (Lipinski definition) is 4. The zero-order valence-corrected chi connectivity index (χ0v) is 10.7. The number of aromatic amines is 1. The van der Waals surface area contributed by atoms with Gasteiger partial charge < -0.3 is 14.8 Å². The summed E-state index contributed by atoms with van der Waals surface area (Å²) in [6.07, 6.45) is 1.28. The third-order valence-corrected chi connectivity index (χ3v) is 3.71. The lowest BCUT2D eigenvalue weighted by atomic mass is 9.84. The third-order valence-electron chi connectivity index (χ3n) is 3.71. The number of aromatic nitrogens is 2. The predicted molar refractivity (Wildman–Crippen MR) is 71.5 cm³/mol. The molecule has 2 atom stereocenters. The Labute approximate surface area is 114 Å². The molecular weight excluding hydrogens is 260 g/mol. The van der Waals surface area contributed by atoms with Crippen LogP contribution in [0, 0.1) is 0 Å². The quantitative estimate of drug-likeness (QED) is 0.825. The Bertz CT molecular complexity index is 689. The van der Waals surface area contributed by atoms with Gasteiger partial charge in [0.1, 0.15) is 0 Å². The number of aliphatic hydroxyl groups excluding tert-OH is 1. The lowest BCUT2D eigenvalue weighted by molar-refractivity contribution is -0.249. The van der Waals surface area contributed by atoms with E-state index in [2.05, 4.69) is 4.98 Å². The molecule has 2 N–H and O–H groups in total. The van der Waals surface area contributed by atoms with Gasteiger partial charge in [-0.1, -0.05) is 30.3 Å². The molecule has 0 saturated carbocycles. The fraction of sp³-hybridized carbons (Fsp3) is 0.286. The maximum atomic E-state index is 12.0. The lowest BCUT2D eigenvalue weighted by Crippen LogP contribution is -2.63. The molecule has 0 radical (unpaired) electrons. The second-order valence-corrected chi connectivity index (χ2v) is 4.73. The predicted octanol–water partition coefficient (Wildman–Crippen LogP) is -0.00430. The molecule has 1 saturated heterocycles. The van der Waals surface area contributed by atoms with E-state index >= 15 is 0 Å². The largest absolute Gasteiger partial charge is 0.391 e. The summed E-state index contributed by atoms with van der Waals surface area (Å²) < 4.78 is 6.43. The van der Waals surface area contributed by atoms with Crippen LogP contribution in [0.5, 0.6) is 0 Å². The number of H-pyrrole nitrogens is 1. The summed E-state index contributed by atoms with van der Waals surface area (Å²) in [4.78, 5) is 26.3. The molecule has 0 aliphatic carbocycles. The van der Waals surface area contributed by atoms with Gasteiger partial charge in [-0.2, -0.15) is 0 Å². The Morgan fingerprint density at radius 1 is 1.30 bits per heavy atom. The van der Waals surface area contributed by atoms with Crippen molar-refractivity contribution in [2.24, 2.45) is 0 Å². The molecule has 3 rings (SSSR count). The van der Waals surface area contributed by atoms with E-state index in [9.17, 15) is 14.7 Å². The Kier molecular flexibility index (Phi) is 3.04. The first kappa shape index (κ1) is 12.8. The van der Waals surface area contributed by atoms with Gasteiger partial charge in [-0.15, -0.1) is 0 Å². The van der Waals surface area contributed by atoms with Crippen molar-refractivity contribution in [3.8, 4) is 0 Å². The Morgan fingerprint density at radius 2 is 2.05 bits per heavy atom. The SMILES string of the molecule is O=c1cc[nH]c(=O)n1C1(CO)OCC1c1ccccc1. The summed E-state index contributed by atoms with van der Waals surface area (Å²) in [5.41, 5.74) is -1.49. The highest BCUT2D eigenvalue weighted by molar-refractivity contribution is 5.25. The van der Waals surface area contributed by atoms with Crippen LogP contribution in [0.15, 0.2) is 52.2 Å². The van der Waals surface area contributed by atoms with Crippen LogP contribution in [-0.2, 0) is 10.5 Å². The van der Waals surface area contributed by atoms with Crippen molar-refractivity contribution in [1.82, 2.24) is 9.55 Å². The second kappa shape index (κ2) is 4.73. The molecule has 1 aromatic carbocycles. The molecule has 2 unspecified atom stereocenters. The van der Waals surface area contributed by atoms with E-state index in [4.69, 9.17) is 4.74 Å². The highest BCUT2D eigenvalue weighted by Crippen LogP contribution is 2.43. The van der Waals surface area contributed by atoms with Gasteiger partial charge >= 0.3 is 5.69 Å². The molecule has 1 aliphatic heterocycles. The molecule has 6 nitrogen and oxygen atoms in total. The minimum Gasteiger partial charge on any atom is -0.391 e. The van der Waals surface area contributed by atoms with Crippen molar-refractivity contribution in [2.75, 3.05) is 13.2 Å². The summed E-state index contributed by atoms with van der Waals surface area (Å²) in [5, 5.41) is 9.73. The number of nitrogens with one attached hydrogen (secondary N) is 1. The van der Waals surface area contributed by atoms with E-state index in [1.54, 1.807) is 0 Å². The zero-order chi connectivity index (χ0) is 14.2. The molecular formula is C14H14N2O4. The summed E-state index contributed by atoms with van der Waals surface area (Å²) in [7, 11) is 0. The van der Waals surface area contributed by atoms with Gasteiger partial charge in [0.2, 0.25) is 0 Å². The summed E-state index contributed by atoms with van der Waals surface area (Å²) in [6, 6.07) is 10.6. The van der Waals surface area contributed by atoms with Gasteiger partial charge in [0.25, 0.3) is 5.56 Å². The van der Waals surface area contributed by atoms with Crippen LogP contribution in [0.4, 0.5) is 0 Å². The van der Waals surface area contributed by atoms with Gasteiger partial charge in [0, 0.05) is 12.3 Å². The Hall–Kier alpha value is -2.18. The van der Waals surface area contributed by atoms with Crippen LogP contribution in [-0.4, -0.2) is 27.9 Å². The second-order valence-electron chi connectivity index (χ2n) is 4.73. The van der Waals surface area contributed by atoms with Crippen LogP contribution in [0.25, 0.3) is 0 Å². The molecule has 1 fully saturated rings. The summed E-state index contributed by atoms with van der Waals surface area (Å²) in [5.74, 6) is -0.241. The molecule has 0 amide bonds. The molecule has 6 heteroatoms. The minimum atomic E-state index is -1.33. The fourth-order valence-electron chi connectivity index (χ4n) is 2.63. The number of nitrogens with zero attached hydrogens (tertiary/aromatic N) is 1. The normalized spacial score (nSPS) is 25.1. The van der Waals surface area contributed by atoms with Crippen molar-refractivity contribution in [3.63, 3.8) is 0 Å². The minimum absolute atomic E-state index is 0.241. The topological polar surface area (TPSA) is 84.3 Å². The average Bonchev–Trinajstić information content (AvgIpc) is 2.43. The Morgan fingerprint density at radius 3 is 2.60 bits per heavy atom. The van der Waals surface area contributed by atoms with Crippen LogP contribution in [0.3, 0.4) is 0 Å². The third kappa shape index (κ3) is 1.73. The maximum absolute atomic E-state index is 12.0. The van der Waals surface area contributed by atoms with E-state index in [0.29, 0.717) is 6.61 Å². The monoisotopic (exact) mass is 274 g/mol. The molecule has 104 valence electrons. The molecule has 0 bridgehead atoms. The van der Waals surface area contributed by atoms with Crippen molar-refractivity contribution < 1.29 is 9.84 Å². The zero-order valence-electron chi connectivity index (χ0n) is 10.7. The number of hydrogen-bond donors (Lipinski definition) is 2. The van der Waals surface area contributed by atoms with Crippen molar-refractivity contribution >= 4 is 0 Å². The molecule has 0 spiro atoms. The van der Waals surface area contributed by atoms with Gasteiger partial charge in [0.15, 0.2) is 5.72 Å². The van der Waals surface area contributed by atoms with E-state index in [1.807, 2.05) is 30.3 Å². The van der Waals surface area contributed by atoms with Crippen molar-refractivity contribution in [2.45, 2.75) is 11.6 Å². The molecule has 2 heterocycles. The molecule has 1 aliphatic rings. The number of benzene rings is 1. The van der Waals surface area contributed by atoms with Gasteiger partial charge in [-0.3, -0.25) is 4.79 Å². The maximum Gasteiger partial charge on any atom is 0.330 e. The van der Waals surface area contributed by atoms with E-state index in [1.165, 1.54) is 12.3 Å².